The third-order valence-corrected chi connectivity index (χ3v) is 2.99. The molecule has 0 aromatic carbocycles. The number of aromatic nitrogens is 1. The lowest BCUT2D eigenvalue weighted by Gasteiger charge is -2.23. The van der Waals surface area contributed by atoms with Crippen molar-refractivity contribution >= 4 is 5.97 Å². The fraction of sp³-hybridized carbons (Fsp3) is 0.545. The van der Waals surface area contributed by atoms with E-state index in [1.54, 1.807) is 0 Å². The van der Waals surface area contributed by atoms with Gasteiger partial charge in [0.25, 0.3) is 0 Å². The minimum absolute atomic E-state index is 0.132. The van der Waals surface area contributed by atoms with Crippen LogP contribution in [0.25, 0.3) is 0 Å². The van der Waals surface area contributed by atoms with E-state index in [9.17, 15) is 18.0 Å². The van der Waals surface area contributed by atoms with E-state index < -0.39 is 23.3 Å². The van der Waals surface area contributed by atoms with Crippen LogP contribution in [0.5, 0.6) is 0 Å². The Kier molecular flexibility index (Phi) is 3.34. The van der Waals surface area contributed by atoms with Gasteiger partial charge >= 0.3 is 12.1 Å². The van der Waals surface area contributed by atoms with Gasteiger partial charge in [-0.2, -0.15) is 13.2 Å². The summed E-state index contributed by atoms with van der Waals surface area (Å²) in [6, 6.07) is -0.132. The maximum atomic E-state index is 12.7. The van der Waals surface area contributed by atoms with Gasteiger partial charge in [0, 0.05) is 31.6 Å². The molecule has 7 heteroatoms. The van der Waals surface area contributed by atoms with E-state index in [1.807, 2.05) is 0 Å². The summed E-state index contributed by atoms with van der Waals surface area (Å²) in [5.41, 5.74) is -1.80. The largest absolute Gasteiger partial charge is 0.478 e. The van der Waals surface area contributed by atoms with Crippen molar-refractivity contribution in [3.8, 4) is 0 Å². The number of halogens is 3. The number of hydrogen-bond donors (Lipinski definition) is 1. The molecule has 0 spiro atoms. The summed E-state index contributed by atoms with van der Waals surface area (Å²) in [5, 5.41) is 8.80. The van der Waals surface area contributed by atoms with Crippen LogP contribution >= 0.6 is 0 Å². The van der Waals surface area contributed by atoms with Gasteiger partial charge in [-0.3, -0.25) is 0 Å². The number of aromatic carboxylic acids is 1. The molecule has 1 saturated heterocycles. The van der Waals surface area contributed by atoms with Crippen LogP contribution in [0.2, 0.25) is 0 Å². The monoisotopic (exact) mass is 263 g/mol. The molecule has 1 N–H and O–H groups in total. The molecule has 1 aliphatic rings. The highest BCUT2D eigenvalue weighted by atomic mass is 19.4. The van der Waals surface area contributed by atoms with Crippen molar-refractivity contribution in [2.24, 2.45) is 0 Å². The maximum Gasteiger partial charge on any atom is 0.418 e. The van der Waals surface area contributed by atoms with Gasteiger partial charge in [-0.05, 0) is 12.8 Å². The van der Waals surface area contributed by atoms with E-state index >= 15 is 0 Å². The summed E-state index contributed by atoms with van der Waals surface area (Å²) >= 11 is 0. The Labute approximate surface area is 101 Å². The van der Waals surface area contributed by atoms with Gasteiger partial charge in [0.2, 0.25) is 0 Å². The maximum absolute atomic E-state index is 12.7. The van der Waals surface area contributed by atoms with Crippen LogP contribution < -0.4 is 0 Å². The van der Waals surface area contributed by atoms with Crippen LogP contribution in [0.4, 0.5) is 13.2 Å². The first-order chi connectivity index (χ1) is 8.39. The number of hydrogen-bond acceptors (Lipinski definition) is 2. The van der Waals surface area contributed by atoms with Crippen molar-refractivity contribution in [1.82, 2.24) is 4.57 Å². The number of nitrogens with zero attached hydrogens (tertiary/aromatic N) is 1. The Balaban J connectivity index is 2.35. The molecule has 0 unspecified atom stereocenters. The minimum atomic E-state index is -4.65. The van der Waals surface area contributed by atoms with Gasteiger partial charge in [0.1, 0.15) is 0 Å². The molecule has 0 bridgehead atoms. The molecule has 18 heavy (non-hydrogen) atoms. The van der Waals surface area contributed by atoms with Gasteiger partial charge in [-0.1, -0.05) is 0 Å². The highest BCUT2D eigenvalue weighted by molar-refractivity contribution is 5.89. The Bertz CT molecular complexity index is 447. The summed E-state index contributed by atoms with van der Waals surface area (Å²) in [7, 11) is 0. The molecular formula is C11H12F3NO3. The molecule has 4 nitrogen and oxygen atoms in total. The number of carboxylic acid groups (broad SMARTS) is 1. The first-order valence-electron chi connectivity index (χ1n) is 5.49. The third kappa shape index (κ3) is 2.50. The zero-order chi connectivity index (χ0) is 13.3. The fourth-order valence-corrected chi connectivity index (χ4v) is 2.06. The standard InChI is InChI=1S/C11H12F3NO3/c12-11(13,14)9-6-15(5-8(9)10(16)17)7-1-3-18-4-2-7/h5-7H,1-4H2,(H,16,17). The smallest absolute Gasteiger partial charge is 0.418 e. The second-order valence-electron chi connectivity index (χ2n) is 4.18. The van der Waals surface area contributed by atoms with E-state index in [1.165, 1.54) is 4.57 Å². The van der Waals surface area contributed by atoms with E-state index in [-0.39, 0.29) is 6.04 Å². The van der Waals surface area contributed by atoms with Crippen molar-refractivity contribution in [2.45, 2.75) is 25.1 Å². The van der Waals surface area contributed by atoms with Crippen molar-refractivity contribution in [2.75, 3.05) is 13.2 Å². The quantitative estimate of drug-likeness (QED) is 0.892. The van der Waals surface area contributed by atoms with Crippen LogP contribution in [0.1, 0.15) is 34.8 Å². The number of alkyl halides is 3. The van der Waals surface area contributed by atoms with E-state index in [2.05, 4.69) is 0 Å². The van der Waals surface area contributed by atoms with Crippen LogP contribution in [-0.2, 0) is 10.9 Å². The zero-order valence-corrected chi connectivity index (χ0v) is 9.41. The van der Waals surface area contributed by atoms with Gasteiger partial charge in [-0.25, -0.2) is 4.79 Å². The normalized spacial score (nSPS) is 17.9. The molecular weight excluding hydrogens is 251 g/mol. The zero-order valence-electron chi connectivity index (χ0n) is 9.41. The molecule has 0 amide bonds. The van der Waals surface area contributed by atoms with Crippen LogP contribution in [0.15, 0.2) is 12.4 Å². The lowest BCUT2D eigenvalue weighted by Crippen LogP contribution is -2.18. The first-order valence-corrected chi connectivity index (χ1v) is 5.49. The molecule has 1 aromatic heterocycles. The molecule has 1 aliphatic heterocycles. The van der Waals surface area contributed by atoms with E-state index in [0.717, 1.165) is 12.4 Å². The van der Waals surface area contributed by atoms with Crippen molar-refractivity contribution in [3.05, 3.63) is 23.5 Å². The van der Waals surface area contributed by atoms with Crippen LogP contribution in [0, 0.1) is 0 Å². The van der Waals surface area contributed by atoms with Gasteiger partial charge < -0.3 is 14.4 Å². The molecule has 0 radical (unpaired) electrons. The topological polar surface area (TPSA) is 51.5 Å². The second kappa shape index (κ2) is 4.64. The van der Waals surface area contributed by atoms with Gasteiger partial charge in [-0.15, -0.1) is 0 Å². The average Bonchev–Trinajstić information content (AvgIpc) is 2.74. The highest BCUT2D eigenvalue weighted by Gasteiger charge is 2.37. The molecule has 1 fully saturated rings. The predicted octanol–water partition coefficient (Wildman–Crippen LogP) is 2.56. The number of carbonyl (C=O) groups is 1. The predicted molar refractivity (Wildman–Crippen MR) is 55.5 cm³/mol. The van der Waals surface area contributed by atoms with Crippen molar-refractivity contribution < 1.29 is 27.8 Å². The van der Waals surface area contributed by atoms with Crippen molar-refractivity contribution in [1.29, 1.82) is 0 Å². The number of rotatable bonds is 2. The van der Waals surface area contributed by atoms with Crippen LogP contribution in [0.3, 0.4) is 0 Å². The molecule has 0 atom stereocenters. The Hall–Kier alpha value is -1.50. The van der Waals surface area contributed by atoms with Gasteiger partial charge in [0.05, 0.1) is 11.1 Å². The minimum Gasteiger partial charge on any atom is -0.478 e. The Morgan fingerprint density at radius 2 is 1.94 bits per heavy atom. The summed E-state index contributed by atoms with van der Waals surface area (Å²) in [6.07, 6.45) is -1.54. The Morgan fingerprint density at radius 3 is 2.39 bits per heavy atom. The van der Waals surface area contributed by atoms with E-state index in [4.69, 9.17) is 9.84 Å². The summed E-state index contributed by atoms with van der Waals surface area (Å²) in [5.74, 6) is -1.56. The summed E-state index contributed by atoms with van der Waals surface area (Å²) < 4.78 is 44.5. The van der Waals surface area contributed by atoms with Gasteiger partial charge in [0.15, 0.2) is 0 Å². The summed E-state index contributed by atoms with van der Waals surface area (Å²) in [6.45, 7) is 0.958. The third-order valence-electron chi connectivity index (χ3n) is 2.99. The average molecular weight is 263 g/mol. The Morgan fingerprint density at radius 1 is 1.33 bits per heavy atom. The first kappa shape index (κ1) is 12.9. The molecule has 1 aromatic rings. The molecule has 0 aliphatic carbocycles. The second-order valence-corrected chi connectivity index (χ2v) is 4.18. The molecule has 2 rings (SSSR count). The number of ether oxygens (including phenoxy) is 1. The lowest BCUT2D eigenvalue weighted by atomic mass is 10.1. The van der Waals surface area contributed by atoms with Crippen molar-refractivity contribution in [3.63, 3.8) is 0 Å². The fourth-order valence-electron chi connectivity index (χ4n) is 2.06. The SMILES string of the molecule is O=C(O)c1cn(C2CCOCC2)cc1C(F)(F)F. The number of carboxylic acids is 1. The highest BCUT2D eigenvalue weighted by Crippen LogP contribution is 2.34. The lowest BCUT2D eigenvalue weighted by molar-refractivity contribution is -0.138. The summed E-state index contributed by atoms with van der Waals surface area (Å²) in [4.78, 5) is 10.8. The molecule has 0 saturated carbocycles. The molecule has 100 valence electrons. The van der Waals surface area contributed by atoms with E-state index in [0.29, 0.717) is 26.1 Å². The molecule has 2 heterocycles. The van der Waals surface area contributed by atoms with Crippen LogP contribution in [-0.4, -0.2) is 28.9 Å².